The van der Waals surface area contributed by atoms with Gasteiger partial charge in [0.2, 0.25) is 10.0 Å². The summed E-state index contributed by atoms with van der Waals surface area (Å²) in [5, 5.41) is 23.1. The fourth-order valence-electron chi connectivity index (χ4n) is 3.07. The number of hydrogen-bond donors (Lipinski definition) is 2. The highest BCUT2D eigenvalue weighted by molar-refractivity contribution is 7.92. The molecule has 8 nitrogen and oxygen atoms in total. The van der Waals surface area contributed by atoms with Crippen LogP contribution in [0, 0.1) is 11.3 Å². The average molecular weight is 498 g/mol. The number of sulfonamides is 1. The van der Waals surface area contributed by atoms with Crippen molar-refractivity contribution in [1.29, 1.82) is 5.26 Å². The Bertz CT molecular complexity index is 1050. The van der Waals surface area contributed by atoms with Crippen molar-refractivity contribution in [3.05, 3.63) is 53.6 Å². The summed E-state index contributed by atoms with van der Waals surface area (Å²) < 4.78 is 35.3. The maximum absolute atomic E-state index is 11.7. The van der Waals surface area contributed by atoms with Crippen LogP contribution in [-0.4, -0.2) is 58.7 Å². The zero-order chi connectivity index (χ0) is 23.9. The summed E-state index contributed by atoms with van der Waals surface area (Å²) in [4.78, 5) is 0. The molecule has 0 aliphatic heterocycles. The van der Waals surface area contributed by atoms with Gasteiger partial charge in [-0.3, -0.25) is 4.31 Å². The minimum absolute atomic E-state index is 0. The lowest BCUT2D eigenvalue weighted by atomic mass is 9.94. The van der Waals surface area contributed by atoms with Crippen molar-refractivity contribution < 1.29 is 23.0 Å². The number of nitrogens with one attached hydrogen (secondary N) is 1. The molecule has 2 N–H and O–H groups in total. The summed E-state index contributed by atoms with van der Waals surface area (Å²) in [5.41, 5.74) is 1.44. The Morgan fingerprint density at radius 3 is 2.39 bits per heavy atom. The Labute approximate surface area is 202 Å². The number of benzene rings is 2. The second-order valence-corrected chi connectivity index (χ2v) is 10.3. The third-order valence-corrected chi connectivity index (χ3v) is 6.20. The van der Waals surface area contributed by atoms with Crippen LogP contribution in [0.1, 0.15) is 25.0 Å². The zero-order valence-corrected chi connectivity index (χ0v) is 21.2. The highest BCUT2D eigenvalue weighted by atomic mass is 35.5. The van der Waals surface area contributed by atoms with Crippen LogP contribution < -0.4 is 19.1 Å². The quantitative estimate of drug-likeness (QED) is 0.491. The number of ether oxygens (including phenoxy) is 2. The number of methoxy groups -OCH3 is 1. The van der Waals surface area contributed by atoms with E-state index in [4.69, 9.17) is 9.47 Å². The molecule has 0 saturated carbocycles. The van der Waals surface area contributed by atoms with Crippen molar-refractivity contribution >= 4 is 28.1 Å². The summed E-state index contributed by atoms with van der Waals surface area (Å²) in [6.07, 6.45) is 1.05. The number of aliphatic hydroxyl groups excluding tert-OH is 1. The van der Waals surface area contributed by atoms with Crippen LogP contribution in [0.25, 0.3) is 0 Å². The number of anilines is 1. The predicted octanol–water partition coefficient (Wildman–Crippen LogP) is 2.74. The van der Waals surface area contributed by atoms with Gasteiger partial charge in [-0.25, -0.2) is 8.42 Å². The Hall–Kier alpha value is -2.51. The molecule has 0 heterocycles. The molecule has 33 heavy (non-hydrogen) atoms. The van der Waals surface area contributed by atoms with E-state index in [0.29, 0.717) is 12.2 Å². The minimum atomic E-state index is -3.44. The van der Waals surface area contributed by atoms with Gasteiger partial charge in [-0.15, -0.1) is 12.4 Å². The summed E-state index contributed by atoms with van der Waals surface area (Å²) in [6, 6.07) is 14.4. The fraction of sp³-hybridized carbons (Fsp3) is 0.435. The maximum atomic E-state index is 11.7. The van der Waals surface area contributed by atoms with Gasteiger partial charge in [0.05, 0.1) is 24.6 Å². The van der Waals surface area contributed by atoms with Crippen molar-refractivity contribution in [3.63, 3.8) is 0 Å². The number of hydrogen-bond acceptors (Lipinski definition) is 7. The molecule has 182 valence electrons. The molecule has 10 heteroatoms. The van der Waals surface area contributed by atoms with Gasteiger partial charge in [-0.1, -0.05) is 12.1 Å². The first kappa shape index (κ1) is 28.5. The van der Waals surface area contributed by atoms with Crippen LogP contribution in [0.5, 0.6) is 11.5 Å². The number of rotatable bonds is 11. The van der Waals surface area contributed by atoms with Crippen molar-refractivity contribution in [2.24, 2.45) is 0 Å². The Morgan fingerprint density at radius 1 is 1.21 bits per heavy atom. The summed E-state index contributed by atoms with van der Waals surface area (Å²) in [7, 11) is -0.395. The molecule has 0 spiro atoms. The van der Waals surface area contributed by atoms with E-state index in [0.717, 1.165) is 28.3 Å². The molecule has 0 fully saturated rings. The smallest absolute Gasteiger partial charge is 0.231 e. The first-order valence-corrected chi connectivity index (χ1v) is 12.0. The van der Waals surface area contributed by atoms with Gasteiger partial charge in [0.1, 0.15) is 30.3 Å². The molecule has 0 saturated heterocycles. The second kappa shape index (κ2) is 12.1. The molecule has 2 aromatic carbocycles. The van der Waals surface area contributed by atoms with Gasteiger partial charge < -0.3 is 19.9 Å². The molecule has 2 aromatic rings. The van der Waals surface area contributed by atoms with Gasteiger partial charge >= 0.3 is 0 Å². The van der Waals surface area contributed by atoms with Gasteiger partial charge in [0.25, 0.3) is 0 Å². The van der Waals surface area contributed by atoms with Crippen molar-refractivity contribution in [1.82, 2.24) is 5.32 Å². The van der Waals surface area contributed by atoms with Crippen LogP contribution in [0.3, 0.4) is 0 Å². The molecule has 0 aromatic heterocycles. The largest absolute Gasteiger partial charge is 0.497 e. The van der Waals surface area contributed by atoms with Gasteiger partial charge in [0.15, 0.2) is 0 Å². The molecule has 2 rings (SSSR count). The number of nitriles is 1. The predicted molar refractivity (Wildman–Crippen MR) is 132 cm³/mol. The number of aliphatic hydroxyl groups is 1. The van der Waals surface area contributed by atoms with Gasteiger partial charge in [-0.05, 0) is 56.2 Å². The highest BCUT2D eigenvalue weighted by Crippen LogP contribution is 2.25. The second-order valence-electron chi connectivity index (χ2n) is 8.28. The lowest BCUT2D eigenvalue weighted by Crippen LogP contribution is -2.46. The monoisotopic (exact) mass is 497 g/mol. The highest BCUT2D eigenvalue weighted by Gasteiger charge is 2.20. The molecule has 0 radical (unpaired) electrons. The van der Waals surface area contributed by atoms with Crippen LogP contribution in [0.4, 0.5) is 5.69 Å². The molecule has 0 amide bonds. The Balaban J connectivity index is 0.00000544. The first-order valence-electron chi connectivity index (χ1n) is 10.1. The van der Waals surface area contributed by atoms with Crippen molar-refractivity contribution in [2.45, 2.75) is 31.9 Å². The van der Waals surface area contributed by atoms with Gasteiger partial charge in [-0.2, -0.15) is 5.26 Å². The van der Waals surface area contributed by atoms with E-state index >= 15 is 0 Å². The Kier molecular flexibility index (Phi) is 10.5. The van der Waals surface area contributed by atoms with E-state index in [-0.39, 0.29) is 35.9 Å². The standard InChI is InChI=1S/C23H31N3O5S.ClH/c1-23(2,13-17-6-9-21(30-4)10-7-17)25-15-20(27)16-31-22-11-8-19(12-18(22)14-24)26(3)32(5,28)29;/h6-12,20,25,27H,13,15-16H2,1-5H3;1H. The molecule has 0 bridgehead atoms. The first-order chi connectivity index (χ1) is 14.9. The molecule has 1 unspecified atom stereocenters. The van der Waals surface area contributed by atoms with E-state index in [1.165, 1.54) is 19.2 Å². The van der Waals surface area contributed by atoms with Crippen molar-refractivity contribution in [3.8, 4) is 17.6 Å². The molecular formula is C23H32ClN3O5S. The van der Waals surface area contributed by atoms with E-state index in [1.54, 1.807) is 13.2 Å². The van der Waals surface area contributed by atoms with Gasteiger partial charge in [0, 0.05) is 19.1 Å². The molecule has 1 atom stereocenters. The maximum Gasteiger partial charge on any atom is 0.231 e. The minimum Gasteiger partial charge on any atom is -0.497 e. The molecular weight excluding hydrogens is 466 g/mol. The van der Waals surface area contributed by atoms with Crippen molar-refractivity contribution in [2.75, 3.05) is 37.9 Å². The number of β-amino-alcohol motifs (C(OH)–C–C–N with tert-alkyl or cyclic N) is 1. The SMILES string of the molecule is COc1ccc(CC(C)(C)NCC(O)COc2ccc(N(C)S(C)(=O)=O)cc2C#N)cc1.Cl. The van der Waals surface area contributed by atoms with Crippen LogP contribution in [0.15, 0.2) is 42.5 Å². The van der Waals surface area contributed by atoms with E-state index in [2.05, 4.69) is 19.2 Å². The number of halogens is 1. The summed E-state index contributed by atoms with van der Waals surface area (Å²) >= 11 is 0. The normalized spacial score (nSPS) is 12.3. The van der Waals surface area contributed by atoms with E-state index in [9.17, 15) is 18.8 Å². The lowest BCUT2D eigenvalue weighted by molar-refractivity contribution is 0.0987. The third-order valence-electron chi connectivity index (χ3n) is 5.00. The average Bonchev–Trinajstić information content (AvgIpc) is 2.75. The zero-order valence-electron chi connectivity index (χ0n) is 19.5. The Morgan fingerprint density at radius 2 is 1.85 bits per heavy atom. The lowest BCUT2D eigenvalue weighted by Gasteiger charge is -2.28. The van der Waals surface area contributed by atoms with Crippen LogP contribution in [0.2, 0.25) is 0 Å². The summed E-state index contributed by atoms with van der Waals surface area (Å²) in [6.45, 7) is 4.40. The van der Waals surface area contributed by atoms with E-state index < -0.39 is 16.1 Å². The summed E-state index contributed by atoms with van der Waals surface area (Å²) in [5.74, 6) is 1.09. The van der Waals surface area contributed by atoms with E-state index in [1.807, 2.05) is 30.3 Å². The third kappa shape index (κ3) is 8.74. The van der Waals surface area contributed by atoms with Crippen LogP contribution in [-0.2, 0) is 16.4 Å². The fourth-order valence-corrected chi connectivity index (χ4v) is 3.57. The molecule has 0 aliphatic rings. The number of nitrogens with zero attached hydrogens (tertiary/aromatic N) is 2. The topological polar surface area (TPSA) is 112 Å². The van der Waals surface area contributed by atoms with Crippen LogP contribution >= 0.6 is 12.4 Å². The molecule has 0 aliphatic carbocycles.